The maximum Gasteiger partial charge on any atom is 0.0617 e. The Morgan fingerprint density at radius 3 is 3.11 bits per heavy atom. The van der Waals surface area contributed by atoms with Crippen LogP contribution >= 0.6 is 11.3 Å². The summed E-state index contributed by atoms with van der Waals surface area (Å²) in [6, 6.07) is 9.04. The Balaban J connectivity index is 1.70. The van der Waals surface area contributed by atoms with E-state index < -0.39 is 0 Å². The number of ether oxygens (including phenoxy) is 1. The van der Waals surface area contributed by atoms with Gasteiger partial charge in [-0.25, -0.2) is 0 Å². The van der Waals surface area contributed by atoms with Gasteiger partial charge in [0.25, 0.3) is 0 Å². The number of aliphatic hydroxyl groups excluding tert-OH is 1. The van der Waals surface area contributed by atoms with Crippen LogP contribution in [0, 0.1) is 0 Å². The number of hydrogen-bond donors (Lipinski definition) is 2. The van der Waals surface area contributed by atoms with E-state index in [2.05, 4.69) is 41.9 Å². The fraction of sp³-hybridized carbons (Fsp3) is 0.467. The van der Waals surface area contributed by atoms with E-state index in [1.54, 1.807) is 11.3 Å². The maximum absolute atomic E-state index is 8.70. The van der Waals surface area contributed by atoms with Crippen molar-refractivity contribution in [2.75, 3.05) is 26.4 Å². The van der Waals surface area contributed by atoms with Crippen molar-refractivity contribution >= 4 is 21.4 Å². The summed E-state index contributed by atoms with van der Waals surface area (Å²) in [6.45, 7) is 4.28. The van der Waals surface area contributed by atoms with Crippen LogP contribution in [-0.4, -0.2) is 37.5 Å². The molecule has 19 heavy (non-hydrogen) atoms. The van der Waals surface area contributed by atoms with Crippen molar-refractivity contribution in [2.24, 2.45) is 0 Å². The topological polar surface area (TPSA) is 41.5 Å². The molecule has 1 atom stereocenters. The van der Waals surface area contributed by atoms with Crippen molar-refractivity contribution < 1.29 is 9.84 Å². The number of nitrogens with one attached hydrogen (secondary N) is 1. The van der Waals surface area contributed by atoms with Crippen LogP contribution in [0.4, 0.5) is 0 Å². The van der Waals surface area contributed by atoms with Crippen molar-refractivity contribution in [3.8, 4) is 0 Å². The second kappa shape index (κ2) is 7.60. The Morgan fingerprint density at radius 1 is 1.37 bits per heavy atom. The first-order chi connectivity index (χ1) is 9.29. The van der Waals surface area contributed by atoms with E-state index in [-0.39, 0.29) is 12.6 Å². The third kappa shape index (κ3) is 4.58. The lowest BCUT2D eigenvalue weighted by atomic mass is 10.1. The number of thiophene rings is 1. The minimum absolute atomic E-state index is 0.172. The lowest BCUT2D eigenvalue weighted by Crippen LogP contribution is -2.32. The van der Waals surface area contributed by atoms with Gasteiger partial charge in [-0.3, -0.25) is 0 Å². The highest BCUT2D eigenvalue weighted by atomic mass is 32.1. The van der Waals surface area contributed by atoms with Crippen LogP contribution in [0.5, 0.6) is 0 Å². The van der Waals surface area contributed by atoms with E-state index in [1.165, 1.54) is 15.6 Å². The van der Waals surface area contributed by atoms with E-state index in [0.29, 0.717) is 13.2 Å². The average molecular weight is 279 g/mol. The van der Waals surface area contributed by atoms with Crippen LogP contribution in [0.15, 0.2) is 29.6 Å². The van der Waals surface area contributed by atoms with Gasteiger partial charge < -0.3 is 15.2 Å². The van der Waals surface area contributed by atoms with E-state index in [4.69, 9.17) is 9.84 Å². The molecule has 2 aromatic rings. The summed E-state index contributed by atoms with van der Waals surface area (Å²) in [6.07, 6.45) is 0.943. The van der Waals surface area contributed by atoms with E-state index >= 15 is 0 Å². The van der Waals surface area contributed by atoms with Crippen LogP contribution in [0.2, 0.25) is 0 Å². The molecule has 0 bridgehead atoms. The van der Waals surface area contributed by atoms with Gasteiger partial charge in [0.2, 0.25) is 0 Å². The van der Waals surface area contributed by atoms with Gasteiger partial charge in [-0.05, 0) is 41.8 Å². The summed E-state index contributed by atoms with van der Waals surface area (Å²) in [7, 11) is 0. The first-order valence-electron chi connectivity index (χ1n) is 6.67. The molecule has 0 radical (unpaired) electrons. The highest BCUT2D eigenvalue weighted by molar-refractivity contribution is 7.17. The van der Waals surface area contributed by atoms with Gasteiger partial charge in [-0.15, -0.1) is 11.3 Å². The summed E-state index contributed by atoms with van der Waals surface area (Å²) >= 11 is 1.78. The van der Waals surface area contributed by atoms with Gasteiger partial charge in [0.05, 0.1) is 19.8 Å². The van der Waals surface area contributed by atoms with Gasteiger partial charge in [0.15, 0.2) is 0 Å². The number of rotatable bonds is 8. The Bertz CT molecular complexity index is 498. The van der Waals surface area contributed by atoms with Gasteiger partial charge in [-0.2, -0.15) is 0 Å². The van der Waals surface area contributed by atoms with Crippen LogP contribution in [0.3, 0.4) is 0 Å². The minimum atomic E-state index is 0.172. The standard InChI is InChI=1S/C15H21NO2S/c1-12(16-6-7-17)11-18-8-4-13-2-3-15-14(10-13)5-9-19-15/h2-3,5,9-10,12,16-17H,4,6-8,11H2,1H3. The van der Waals surface area contributed by atoms with Gasteiger partial charge in [0, 0.05) is 17.3 Å². The van der Waals surface area contributed by atoms with Gasteiger partial charge in [-0.1, -0.05) is 12.1 Å². The molecular weight excluding hydrogens is 258 g/mol. The van der Waals surface area contributed by atoms with Crippen molar-refractivity contribution in [3.63, 3.8) is 0 Å². The molecule has 1 heterocycles. The Kier molecular flexibility index (Phi) is 5.79. The average Bonchev–Trinajstić information content (AvgIpc) is 2.88. The largest absolute Gasteiger partial charge is 0.395 e. The molecular formula is C15H21NO2S. The van der Waals surface area contributed by atoms with E-state index in [1.807, 2.05) is 0 Å². The SMILES string of the molecule is CC(COCCc1ccc2sccc2c1)NCCO. The first kappa shape index (κ1) is 14.5. The molecule has 1 aromatic carbocycles. The van der Waals surface area contributed by atoms with E-state index in [9.17, 15) is 0 Å². The summed E-state index contributed by atoms with van der Waals surface area (Å²) < 4.78 is 6.99. The molecule has 104 valence electrons. The van der Waals surface area contributed by atoms with Crippen molar-refractivity contribution in [3.05, 3.63) is 35.2 Å². The molecule has 0 fully saturated rings. The maximum atomic E-state index is 8.70. The van der Waals surface area contributed by atoms with Gasteiger partial charge >= 0.3 is 0 Å². The fourth-order valence-electron chi connectivity index (χ4n) is 1.99. The second-order valence-corrected chi connectivity index (χ2v) is 5.64. The molecule has 1 unspecified atom stereocenters. The number of hydrogen-bond acceptors (Lipinski definition) is 4. The molecule has 0 aliphatic heterocycles. The monoisotopic (exact) mass is 279 g/mol. The highest BCUT2D eigenvalue weighted by Crippen LogP contribution is 2.21. The molecule has 2 rings (SSSR count). The van der Waals surface area contributed by atoms with Crippen LogP contribution in [0.1, 0.15) is 12.5 Å². The molecule has 0 saturated heterocycles. The molecule has 0 aliphatic carbocycles. The molecule has 0 amide bonds. The smallest absolute Gasteiger partial charge is 0.0617 e. The minimum Gasteiger partial charge on any atom is -0.395 e. The normalized spacial score (nSPS) is 12.9. The van der Waals surface area contributed by atoms with Gasteiger partial charge in [0.1, 0.15) is 0 Å². The first-order valence-corrected chi connectivity index (χ1v) is 7.55. The molecule has 0 spiro atoms. The molecule has 4 heteroatoms. The van der Waals surface area contributed by atoms with Crippen LogP contribution in [0.25, 0.3) is 10.1 Å². The third-order valence-electron chi connectivity index (χ3n) is 3.02. The van der Waals surface area contributed by atoms with Crippen molar-refractivity contribution in [1.82, 2.24) is 5.32 Å². The molecule has 0 aliphatic rings. The molecule has 2 N–H and O–H groups in total. The predicted octanol–water partition coefficient (Wildman–Crippen LogP) is 2.43. The van der Waals surface area contributed by atoms with Crippen molar-refractivity contribution in [2.45, 2.75) is 19.4 Å². The summed E-state index contributed by atoms with van der Waals surface area (Å²) in [5.74, 6) is 0. The highest BCUT2D eigenvalue weighted by Gasteiger charge is 2.01. The Morgan fingerprint density at radius 2 is 2.26 bits per heavy atom. The summed E-state index contributed by atoms with van der Waals surface area (Å²) in [5.41, 5.74) is 1.32. The fourth-order valence-corrected chi connectivity index (χ4v) is 2.76. The van der Waals surface area contributed by atoms with Crippen molar-refractivity contribution in [1.29, 1.82) is 0 Å². The second-order valence-electron chi connectivity index (χ2n) is 4.70. The van der Waals surface area contributed by atoms with Crippen LogP contribution in [-0.2, 0) is 11.2 Å². The van der Waals surface area contributed by atoms with E-state index in [0.717, 1.165) is 13.0 Å². The zero-order valence-corrected chi connectivity index (χ0v) is 12.1. The Labute approximate surface area is 118 Å². The molecule has 1 aromatic heterocycles. The predicted molar refractivity (Wildman–Crippen MR) is 80.9 cm³/mol. The zero-order chi connectivity index (χ0) is 13.5. The quantitative estimate of drug-likeness (QED) is 0.729. The Hall–Kier alpha value is -0.940. The third-order valence-corrected chi connectivity index (χ3v) is 3.92. The summed E-state index contributed by atoms with van der Waals surface area (Å²) in [4.78, 5) is 0. The summed E-state index contributed by atoms with van der Waals surface area (Å²) in [5, 5.41) is 15.3. The van der Waals surface area contributed by atoms with Crippen LogP contribution < -0.4 is 5.32 Å². The lowest BCUT2D eigenvalue weighted by Gasteiger charge is -2.13. The number of aliphatic hydroxyl groups is 1. The lowest BCUT2D eigenvalue weighted by molar-refractivity contribution is 0.116. The molecule has 3 nitrogen and oxygen atoms in total. The molecule has 0 saturated carbocycles. The zero-order valence-electron chi connectivity index (χ0n) is 11.3. The number of fused-ring (bicyclic) bond motifs is 1. The number of benzene rings is 1.